The molecule has 0 saturated heterocycles. The number of nitrogens with zero attached hydrogens (tertiary/aromatic N) is 1. The minimum absolute atomic E-state index is 0.103. The summed E-state index contributed by atoms with van der Waals surface area (Å²) in [6.07, 6.45) is 2.31. The zero-order valence-corrected chi connectivity index (χ0v) is 12.3. The Kier molecular flexibility index (Phi) is 4.64. The number of ether oxygens (including phenoxy) is 1. The van der Waals surface area contributed by atoms with Crippen molar-refractivity contribution in [2.45, 2.75) is 13.8 Å². The van der Waals surface area contributed by atoms with Crippen molar-refractivity contribution in [1.29, 1.82) is 0 Å². The molecule has 0 spiro atoms. The van der Waals surface area contributed by atoms with Crippen molar-refractivity contribution in [3.63, 3.8) is 0 Å². The molecule has 0 fully saturated rings. The number of pyridine rings is 1. The smallest absolute Gasteiger partial charge is 0.348 e. The van der Waals surface area contributed by atoms with Gasteiger partial charge in [-0.2, -0.15) is 0 Å². The number of nitrogens with one attached hydrogen (secondary N) is 1. The Hall–Kier alpha value is -2.28. The molecule has 0 radical (unpaired) electrons. The monoisotopic (exact) mass is 308 g/mol. The van der Waals surface area contributed by atoms with Crippen molar-refractivity contribution in [3.05, 3.63) is 46.3 Å². The van der Waals surface area contributed by atoms with E-state index in [2.05, 4.69) is 10.3 Å². The molecule has 0 aliphatic rings. The number of esters is 1. The Morgan fingerprint density at radius 1 is 1.48 bits per heavy atom. The van der Waals surface area contributed by atoms with Crippen molar-refractivity contribution in [2.75, 3.05) is 11.9 Å². The molecular weight excluding hydrogens is 295 g/mol. The van der Waals surface area contributed by atoms with Crippen molar-refractivity contribution >= 4 is 28.2 Å². The first-order valence-corrected chi connectivity index (χ1v) is 7.03. The normalized spacial score (nSPS) is 10.2. The number of anilines is 1. The maximum atomic E-state index is 13.5. The molecule has 2 aromatic heterocycles. The Bertz CT molecular complexity index is 685. The quantitative estimate of drug-likeness (QED) is 0.882. The van der Waals surface area contributed by atoms with Gasteiger partial charge in [-0.05, 0) is 31.5 Å². The highest BCUT2D eigenvalue weighted by Gasteiger charge is 2.17. The summed E-state index contributed by atoms with van der Waals surface area (Å²) in [5.74, 6) is -1.73. The number of amides is 1. The molecule has 0 saturated carbocycles. The second-order valence-corrected chi connectivity index (χ2v) is 5.21. The molecule has 0 aromatic carbocycles. The van der Waals surface area contributed by atoms with Crippen LogP contribution in [-0.2, 0) is 4.74 Å². The summed E-state index contributed by atoms with van der Waals surface area (Å²) in [5.41, 5.74) is 0.595. The molecule has 2 rings (SSSR count). The maximum absolute atomic E-state index is 13.5. The van der Waals surface area contributed by atoms with Gasteiger partial charge in [-0.15, -0.1) is 11.3 Å². The molecule has 0 atom stereocenters. The summed E-state index contributed by atoms with van der Waals surface area (Å²) in [4.78, 5) is 27.7. The van der Waals surface area contributed by atoms with E-state index < -0.39 is 17.7 Å². The number of rotatable bonds is 4. The number of halogens is 1. The number of carbonyl (C=O) groups is 2. The maximum Gasteiger partial charge on any atom is 0.348 e. The predicted octanol–water partition coefficient (Wildman–Crippen LogP) is 3.02. The first-order chi connectivity index (χ1) is 10.0. The van der Waals surface area contributed by atoms with Gasteiger partial charge in [0.1, 0.15) is 4.88 Å². The fraction of sp³-hybridized carbons (Fsp3) is 0.214. The third-order valence-corrected chi connectivity index (χ3v) is 3.77. The van der Waals surface area contributed by atoms with Gasteiger partial charge in [-0.25, -0.2) is 9.18 Å². The van der Waals surface area contributed by atoms with E-state index in [9.17, 15) is 14.0 Å². The van der Waals surface area contributed by atoms with Gasteiger partial charge in [0.25, 0.3) is 5.91 Å². The fourth-order valence-electron chi connectivity index (χ4n) is 1.68. The lowest BCUT2D eigenvalue weighted by atomic mass is 10.2. The van der Waals surface area contributed by atoms with Gasteiger partial charge < -0.3 is 10.1 Å². The van der Waals surface area contributed by atoms with E-state index in [0.717, 1.165) is 17.5 Å². The summed E-state index contributed by atoms with van der Waals surface area (Å²) >= 11 is 1.09. The summed E-state index contributed by atoms with van der Waals surface area (Å²) in [6.45, 7) is 3.74. The van der Waals surface area contributed by atoms with Crippen LogP contribution in [-0.4, -0.2) is 23.5 Å². The molecule has 0 aliphatic carbocycles. The van der Waals surface area contributed by atoms with Gasteiger partial charge in [-0.1, -0.05) is 0 Å². The third-order valence-electron chi connectivity index (χ3n) is 2.63. The SMILES string of the molecule is CCOC(=O)c1sc(NC(=O)c2ccncc2F)cc1C. The Morgan fingerprint density at radius 2 is 2.24 bits per heavy atom. The van der Waals surface area contributed by atoms with Gasteiger partial charge in [0.05, 0.1) is 23.4 Å². The van der Waals surface area contributed by atoms with Crippen LogP contribution in [0.3, 0.4) is 0 Å². The average molecular weight is 308 g/mol. The summed E-state index contributed by atoms with van der Waals surface area (Å²) in [5, 5.41) is 3.02. The highest BCUT2D eigenvalue weighted by atomic mass is 32.1. The lowest BCUT2D eigenvalue weighted by Crippen LogP contribution is -2.13. The molecule has 7 heteroatoms. The Labute approximate surface area is 124 Å². The number of aromatic nitrogens is 1. The highest BCUT2D eigenvalue weighted by Crippen LogP contribution is 2.27. The van der Waals surface area contributed by atoms with Gasteiger partial charge >= 0.3 is 5.97 Å². The summed E-state index contributed by atoms with van der Waals surface area (Å²) < 4.78 is 18.4. The van der Waals surface area contributed by atoms with E-state index in [-0.39, 0.29) is 12.2 Å². The van der Waals surface area contributed by atoms with Crippen molar-refractivity contribution in [3.8, 4) is 0 Å². The zero-order chi connectivity index (χ0) is 15.4. The Morgan fingerprint density at radius 3 is 2.90 bits per heavy atom. The molecular formula is C14H13FN2O3S. The predicted molar refractivity (Wildman–Crippen MR) is 77.2 cm³/mol. The van der Waals surface area contributed by atoms with Gasteiger partial charge in [0.15, 0.2) is 5.82 Å². The van der Waals surface area contributed by atoms with Crippen LogP contribution in [0.5, 0.6) is 0 Å². The van der Waals surface area contributed by atoms with Crippen LogP contribution in [0.25, 0.3) is 0 Å². The number of aryl methyl sites for hydroxylation is 1. The van der Waals surface area contributed by atoms with E-state index in [1.165, 1.54) is 12.3 Å². The van der Waals surface area contributed by atoms with Gasteiger partial charge in [-0.3, -0.25) is 9.78 Å². The van der Waals surface area contributed by atoms with E-state index in [1.54, 1.807) is 19.9 Å². The van der Waals surface area contributed by atoms with E-state index in [1.807, 2.05) is 0 Å². The third kappa shape index (κ3) is 3.43. The molecule has 110 valence electrons. The molecule has 0 aliphatic heterocycles. The first kappa shape index (κ1) is 15.1. The molecule has 0 unspecified atom stereocenters. The highest BCUT2D eigenvalue weighted by molar-refractivity contribution is 7.18. The molecule has 0 bridgehead atoms. The van der Waals surface area contributed by atoms with Crippen molar-refractivity contribution < 1.29 is 18.7 Å². The molecule has 2 aromatic rings. The van der Waals surface area contributed by atoms with Crippen LogP contribution in [0.15, 0.2) is 24.5 Å². The lowest BCUT2D eigenvalue weighted by molar-refractivity contribution is 0.0531. The average Bonchev–Trinajstić information content (AvgIpc) is 2.80. The minimum atomic E-state index is -0.700. The summed E-state index contributed by atoms with van der Waals surface area (Å²) in [6, 6.07) is 2.94. The van der Waals surface area contributed by atoms with Gasteiger partial charge in [0, 0.05) is 6.20 Å². The molecule has 5 nitrogen and oxygen atoms in total. The lowest BCUT2D eigenvalue weighted by Gasteiger charge is -2.02. The second-order valence-electron chi connectivity index (χ2n) is 4.15. The second kappa shape index (κ2) is 6.45. The van der Waals surface area contributed by atoms with Crippen molar-refractivity contribution in [1.82, 2.24) is 4.98 Å². The molecule has 1 N–H and O–H groups in total. The van der Waals surface area contributed by atoms with Gasteiger partial charge in [0.2, 0.25) is 0 Å². The minimum Gasteiger partial charge on any atom is -0.462 e. The Balaban J connectivity index is 2.17. The molecule has 2 heterocycles. The standard InChI is InChI=1S/C14H13FN2O3S/c1-3-20-14(19)12-8(2)6-11(21-12)17-13(18)9-4-5-16-7-10(9)15/h4-7H,3H2,1-2H3,(H,17,18). The van der Waals surface area contributed by atoms with E-state index in [4.69, 9.17) is 4.74 Å². The van der Waals surface area contributed by atoms with Crippen LogP contribution >= 0.6 is 11.3 Å². The molecule has 1 amide bonds. The van der Waals surface area contributed by atoms with Crippen molar-refractivity contribution in [2.24, 2.45) is 0 Å². The van der Waals surface area contributed by atoms with Crippen LogP contribution in [0.4, 0.5) is 9.39 Å². The topological polar surface area (TPSA) is 68.3 Å². The zero-order valence-electron chi connectivity index (χ0n) is 11.5. The fourth-order valence-corrected chi connectivity index (χ4v) is 2.64. The first-order valence-electron chi connectivity index (χ1n) is 6.21. The number of thiophene rings is 1. The largest absolute Gasteiger partial charge is 0.462 e. The number of hydrogen-bond acceptors (Lipinski definition) is 5. The van der Waals surface area contributed by atoms with Crippen LogP contribution in [0, 0.1) is 12.7 Å². The summed E-state index contributed by atoms with van der Waals surface area (Å²) in [7, 11) is 0. The number of hydrogen-bond donors (Lipinski definition) is 1. The van der Waals surface area contributed by atoms with Crippen LogP contribution < -0.4 is 5.32 Å². The molecule has 21 heavy (non-hydrogen) atoms. The van der Waals surface area contributed by atoms with Crippen LogP contribution in [0.1, 0.15) is 32.5 Å². The van der Waals surface area contributed by atoms with E-state index in [0.29, 0.717) is 15.4 Å². The van der Waals surface area contributed by atoms with Crippen LogP contribution in [0.2, 0.25) is 0 Å². The number of carbonyl (C=O) groups excluding carboxylic acids is 2. The van der Waals surface area contributed by atoms with E-state index >= 15 is 0 Å².